The molecule has 3 N–H and O–H groups in total. The summed E-state index contributed by atoms with van der Waals surface area (Å²) in [6.07, 6.45) is 2.42. The van der Waals surface area contributed by atoms with E-state index in [4.69, 9.17) is 5.73 Å². The van der Waals surface area contributed by atoms with Crippen molar-refractivity contribution >= 4 is 42.1 Å². The Balaban J connectivity index is 0.00000180. The van der Waals surface area contributed by atoms with Gasteiger partial charge in [0.2, 0.25) is 0 Å². The van der Waals surface area contributed by atoms with Crippen molar-refractivity contribution in [1.29, 1.82) is 0 Å². The maximum absolute atomic E-state index is 12.1. The van der Waals surface area contributed by atoms with Gasteiger partial charge in [0.1, 0.15) is 0 Å². The Hall–Kier alpha value is -0.330. The number of hydrogen-bond acceptors (Lipinski definition) is 4. The summed E-state index contributed by atoms with van der Waals surface area (Å²) in [5, 5.41) is 4.91. The summed E-state index contributed by atoms with van der Waals surface area (Å²) in [5.74, 6) is 0.632. The summed E-state index contributed by atoms with van der Waals surface area (Å²) in [7, 11) is 4.00. The number of halogens is 2. The first kappa shape index (κ1) is 19.7. The van der Waals surface area contributed by atoms with Crippen LogP contribution in [-0.2, 0) is 6.54 Å². The van der Waals surface area contributed by atoms with Crippen LogP contribution in [0.5, 0.6) is 0 Å². The number of carbonyl (C=O) groups excluding carboxylic acids is 1. The molecule has 1 aromatic heterocycles. The molecule has 0 radical (unpaired) electrons. The molecule has 1 atom stereocenters. The first-order valence-corrected chi connectivity index (χ1v) is 7.20. The fourth-order valence-corrected chi connectivity index (χ4v) is 2.81. The molecule has 4 nitrogen and oxygen atoms in total. The summed E-state index contributed by atoms with van der Waals surface area (Å²) < 4.78 is 0. The van der Waals surface area contributed by atoms with Gasteiger partial charge in [-0.1, -0.05) is 0 Å². The number of nitrogens with one attached hydrogen (secondary N) is 1. The van der Waals surface area contributed by atoms with E-state index in [1.807, 2.05) is 25.5 Å². The topological polar surface area (TPSA) is 58.4 Å². The van der Waals surface area contributed by atoms with Crippen LogP contribution in [-0.4, -0.2) is 37.5 Å². The van der Waals surface area contributed by atoms with Gasteiger partial charge < -0.3 is 16.0 Å². The zero-order chi connectivity index (χ0) is 13.1. The van der Waals surface area contributed by atoms with E-state index in [0.29, 0.717) is 12.5 Å². The molecule has 0 spiro atoms. The number of rotatable bonds is 6. The van der Waals surface area contributed by atoms with E-state index in [1.165, 1.54) is 24.2 Å². The predicted octanol–water partition coefficient (Wildman–Crippen LogP) is 2.12. The minimum atomic E-state index is 0. The van der Waals surface area contributed by atoms with Gasteiger partial charge in [-0.25, -0.2) is 0 Å². The Labute approximate surface area is 136 Å². The average molecular weight is 340 g/mol. The Morgan fingerprint density at radius 3 is 2.70 bits per heavy atom. The highest BCUT2D eigenvalue weighted by molar-refractivity contribution is 7.12. The summed E-state index contributed by atoms with van der Waals surface area (Å²) in [4.78, 5) is 15.0. The third-order valence-corrected chi connectivity index (χ3v) is 4.12. The van der Waals surface area contributed by atoms with Gasteiger partial charge in [0.05, 0.1) is 4.88 Å². The van der Waals surface area contributed by atoms with Crippen LogP contribution < -0.4 is 11.1 Å². The van der Waals surface area contributed by atoms with E-state index in [9.17, 15) is 4.79 Å². The van der Waals surface area contributed by atoms with Crippen molar-refractivity contribution in [2.75, 3.05) is 20.6 Å². The van der Waals surface area contributed by atoms with Gasteiger partial charge in [-0.2, -0.15) is 0 Å². The number of nitrogens with two attached hydrogens (primary N) is 1. The second-order valence-corrected chi connectivity index (χ2v) is 6.14. The lowest BCUT2D eigenvalue weighted by Crippen LogP contribution is -2.38. The predicted molar refractivity (Wildman–Crippen MR) is 89.2 cm³/mol. The molecular weight excluding hydrogens is 317 g/mol. The van der Waals surface area contributed by atoms with Gasteiger partial charge in [-0.15, -0.1) is 36.2 Å². The van der Waals surface area contributed by atoms with Gasteiger partial charge in [-0.3, -0.25) is 4.79 Å². The molecule has 2 rings (SSSR count). The van der Waals surface area contributed by atoms with Gasteiger partial charge >= 0.3 is 0 Å². The molecule has 0 bridgehead atoms. The molecule has 0 aromatic carbocycles. The van der Waals surface area contributed by atoms with Crippen molar-refractivity contribution in [1.82, 2.24) is 10.2 Å². The number of carbonyl (C=O) groups is 1. The number of nitrogens with zero attached hydrogens (tertiary/aromatic N) is 1. The second-order valence-electron chi connectivity index (χ2n) is 5.22. The van der Waals surface area contributed by atoms with E-state index in [2.05, 4.69) is 10.2 Å². The molecule has 116 valence electrons. The van der Waals surface area contributed by atoms with E-state index in [-0.39, 0.29) is 36.8 Å². The Morgan fingerprint density at radius 1 is 1.50 bits per heavy atom. The Kier molecular flexibility index (Phi) is 8.70. The summed E-state index contributed by atoms with van der Waals surface area (Å²) >= 11 is 1.50. The maximum Gasteiger partial charge on any atom is 0.261 e. The molecule has 1 saturated carbocycles. The second kappa shape index (κ2) is 8.85. The fraction of sp³-hybridized carbons (Fsp3) is 0.615. The largest absolute Gasteiger partial charge is 0.350 e. The van der Waals surface area contributed by atoms with Gasteiger partial charge in [-0.05, 0) is 49.9 Å². The van der Waals surface area contributed by atoms with Gasteiger partial charge in [0.15, 0.2) is 0 Å². The molecule has 1 amide bonds. The highest BCUT2D eigenvalue weighted by Gasteiger charge is 2.28. The standard InChI is InChI=1S/C13H21N3OS.2ClH/c1-16(2)8-10-5-6-18-12(10)13(17)15-7-11(14)9-3-4-9;;/h5-6,9,11H,3-4,7-8,14H2,1-2H3,(H,15,17);2*1H. The maximum atomic E-state index is 12.1. The van der Waals surface area contributed by atoms with Crippen LogP contribution in [0.2, 0.25) is 0 Å². The highest BCUT2D eigenvalue weighted by atomic mass is 35.5. The van der Waals surface area contributed by atoms with Gasteiger partial charge in [0, 0.05) is 19.1 Å². The highest BCUT2D eigenvalue weighted by Crippen LogP contribution is 2.31. The molecule has 1 aromatic rings. The van der Waals surface area contributed by atoms with Crippen LogP contribution in [0.25, 0.3) is 0 Å². The van der Waals surface area contributed by atoms with E-state index < -0.39 is 0 Å². The third kappa shape index (κ3) is 5.58. The molecule has 1 aliphatic carbocycles. The van der Waals surface area contributed by atoms with Crippen molar-refractivity contribution in [2.24, 2.45) is 11.7 Å². The molecule has 1 aliphatic rings. The lowest BCUT2D eigenvalue weighted by atomic mass is 10.2. The Bertz CT molecular complexity index is 422. The SMILES string of the molecule is CN(C)Cc1ccsc1C(=O)NCC(N)C1CC1.Cl.Cl. The normalized spacial score (nSPS) is 15.2. The van der Waals surface area contributed by atoms with E-state index in [0.717, 1.165) is 17.0 Å². The number of amides is 1. The first-order valence-electron chi connectivity index (χ1n) is 6.33. The average Bonchev–Trinajstić information content (AvgIpc) is 3.06. The van der Waals surface area contributed by atoms with Crippen LogP contribution in [0.1, 0.15) is 28.1 Å². The van der Waals surface area contributed by atoms with Crippen molar-refractivity contribution in [3.05, 3.63) is 21.9 Å². The molecule has 20 heavy (non-hydrogen) atoms. The minimum Gasteiger partial charge on any atom is -0.350 e. The molecule has 7 heteroatoms. The van der Waals surface area contributed by atoms with Crippen LogP contribution >= 0.6 is 36.2 Å². The first-order chi connectivity index (χ1) is 8.58. The van der Waals surface area contributed by atoms with Crippen LogP contribution in [0.3, 0.4) is 0 Å². The van der Waals surface area contributed by atoms with Crippen molar-refractivity contribution in [2.45, 2.75) is 25.4 Å². The zero-order valence-corrected chi connectivity index (χ0v) is 14.2. The summed E-state index contributed by atoms with van der Waals surface area (Å²) in [6.45, 7) is 1.38. The smallest absolute Gasteiger partial charge is 0.261 e. The van der Waals surface area contributed by atoms with Crippen molar-refractivity contribution in [3.8, 4) is 0 Å². The molecule has 0 aliphatic heterocycles. The lowest BCUT2D eigenvalue weighted by Gasteiger charge is -2.13. The summed E-state index contributed by atoms with van der Waals surface area (Å²) in [5.41, 5.74) is 7.07. The summed E-state index contributed by atoms with van der Waals surface area (Å²) in [6, 6.07) is 2.13. The number of thiophene rings is 1. The molecule has 1 unspecified atom stereocenters. The van der Waals surface area contributed by atoms with Crippen LogP contribution in [0.4, 0.5) is 0 Å². The van der Waals surface area contributed by atoms with Crippen molar-refractivity contribution < 1.29 is 4.79 Å². The van der Waals surface area contributed by atoms with E-state index >= 15 is 0 Å². The van der Waals surface area contributed by atoms with Crippen LogP contribution in [0, 0.1) is 5.92 Å². The fourth-order valence-electron chi connectivity index (χ4n) is 1.98. The number of hydrogen-bond donors (Lipinski definition) is 2. The molecule has 1 fully saturated rings. The quantitative estimate of drug-likeness (QED) is 0.834. The van der Waals surface area contributed by atoms with Crippen molar-refractivity contribution in [3.63, 3.8) is 0 Å². The molecule has 0 saturated heterocycles. The third-order valence-electron chi connectivity index (χ3n) is 3.17. The monoisotopic (exact) mass is 339 g/mol. The van der Waals surface area contributed by atoms with E-state index in [1.54, 1.807) is 0 Å². The zero-order valence-electron chi connectivity index (χ0n) is 11.8. The van der Waals surface area contributed by atoms with Gasteiger partial charge in [0.25, 0.3) is 5.91 Å². The van der Waals surface area contributed by atoms with Crippen LogP contribution in [0.15, 0.2) is 11.4 Å². The lowest BCUT2D eigenvalue weighted by molar-refractivity contribution is 0.0953. The Morgan fingerprint density at radius 2 is 2.15 bits per heavy atom. The minimum absolute atomic E-state index is 0. The molecular formula is C13H23Cl2N3OS. The molecule has 1 heterocycles.